The molecule has 3 N–H and O–H groups in total. The Morgan fingerprint density at radius 1 is 1.35 bits per heavy atom. The summed E-state index contributed by atoms with van der Waals surface area (Å²) >= 11 is 0. The van der Waals surface area contributed by atoms with E-state index in [-0.39, 0.29) is 30.7 Å². The average molecular weight is 258 g/mol. The van der Waals surface area contributed by atoms with Gasteiger partial charge in [0.1, 0.15) is 5.75 Å². The Morgan fingerprint density at radius 2 is 1.94 bits per heavy atom. The van der Waals surface area contributed by atoms with Crippen LogP contribution in [0.3, 0.4) is 0 Å². The molecular formula is C11H16ClN3O2. The van der Waals surface area contributed by atoms with Crippen LogP contribution in [0, 0.1) is 5.41 Å². The summed E-state index contributed by atoms with van der Waals surface area (Å²) in [5.41, 5.74) is 0.877. The standard InChI is InChI=1S/C11H15N3O2.ClH/c1-13-11(12)14-10(15)7-8-3-5-9(16-2)6-4-8;/h3-6H,7H2,1-2H3,(H3,12,13,14,15);1H. The molecule has 17 heavy (non-hydrogen) atoms. The predicted octanol–water partition coefficient (Wildman–Crippen LogP) is 0.930. The molecule has 0 radical (unpaired) electrons. The highest BCUT2D eigenvalue weighted by Gasteiger charge is 2.04. The first-order chi connectivity index (χ1) is 7.65. The first-order valence-electron chi connectivity index (χ1n) is 4.84. The van der Waals surface area contributed by atoms with Gasteiger partial charge in [-0.25, -0.2) is 0 Å². The minimum Gasteiger partial charge on any atom is -0.497 e. The fourth-order valence-electron chi connectivity index (χ4n) is 1.17. The second kappa shape index (κ2) is 7.51. The number of carbonyl (C=O) groups is 1. The molecule has 1 rings (SSSR count). The number of nitrogens with one attached hydrogen (secondary N) is 3. The van der Waals surface area contributed by atoms with E-state index in [0.29, 0.717) is 0 Å². The van der Waals surface area contributed by atoms with E-state index in [1.165, 1.54) is 0 Å². The maximum atomic E-state index is 11.4. The van der Waals surface area contributed by atoms with Gasteiger partial charge < -0.3 is 10.1 Å². The molecule has 0 aliphatic rings. The smallest absolute Gasteiger partial charge is 0.231 e. The summed E-state index contributed by atoms with van der Waals surface area (Å²) in [6.07, 6.45) is 0.244. The molecule has 0 spiro atoms. The van der Waals surface area contributed by atoms with E-state index in [0.717, 1.165) is 11.3 Å². The zero-order chi connectivity index (χ0) is 12.0. The summed E-state index contributed by atoms with van der Waals surface area (Å²) in [7, 11) is 3.17. The second-order valence-corrected chi connectivity index (χ2v) is 3.20. The quantitative estimate of drug-likeness (QED) is 0.557. The topological polar surface area (TPSA) is 74.2 Å². The summed E-state index contributed by atoms with van der Waals surface area (Å²) in [5.74, 6) is 0.537. The fraction of sp³-hybridized carbons (Fsp3) is 0.273. The number of guanidine groups is 1. The van der Waals surface area contributed by atoms with E-state index in [1.54, 1.807) is 26.3 Å². The largest absolute Gasteiger partial charge is 0.497 e. The van der Waals surface area contributed by atoms with Gasteiger partial charge in [-0.15, -0.1) is 12.4 Å². The van der Waals surface area contributed by atoms with Gasteiger partial charge in [-0.2, -0.15) is 0 Å². The van der Waals surface area contributed by atoms with Gasteiger partial charge in [0.15, 0.2) is 5.96 Å². The zero-order valence-corrected chi connectivity index (χ0v) is 10.6. The molecule has 0 bridgehead atoms. The first-order valence-corrected chi connectivity index (χ1v) is 4.84. The number of amides is 1. The molecule has 0 aromatic heterocycles. The van der Waals surface area contributed by atoms with Gasteiger partial charge in [0, 0.05) is 7.05 Å². The van der Waals surface area contributed by atoms with Crippen LogP contribution in [0.15, 0.2) is 24.3 Å². The fourth-order valence-corrected chi connectivity index (χ4v) is 1.17. The van der Waals surface area contributed by atoms with E-state index < -0.39 is 0 Å². The summed E-state index contributed by atoms with van der Waals surface area (Å²) in [5, 5.41) is 12.2. The average Bonchev–Trinajstić information content (AvgIpc) is 2.29. The van der Waals surface area contributed by atoms with Gasteiger partial charge >= 0.3 is 0 Å². The second-order valence-electron chi connectivity index (χ2n) is 3.20. The van der Waals surface area contributed by atoms with Crippen molar-refractivity contribution in [2.45, 2.75) is 6.42 Å². The lowest BCUT2D eigenvalue weighted by molar-refractivity contribution is -0.119. The van der Waals surface area contributed by atoms with E-state index in [9.17, 15) is 4.79 Å². The van der Waals surface area contributed by atoms with Crippen molar-refractivity contribution in [2.75, 3.05) is 14.2 Å². The predicted molar refractivity (Wildman–Crippen MR) is 68.9 cm³/mol. The maximum absolute atomic E-state index is 11.4. The Labute approximate surface area is 106 Å². The highest BCUT2D eigenvalue weighted by Crippen LogP contribution is 2.11. The number of halogens is 1. The first kappa shape index (κ1) is 15.2. The Morgan fingerprint density at radius 3 is 2.41 bits per heavy atom. The number of carbonyl (C=O) groups excluding carboxylic acids is 1. The number of hydrogen-bond acceptors (Lipinski definition) is 3. The molecule has 1 aromatic rings. The van der Waals surface area contributed by atoms with Crippen molar-refractivity contribution in [3.63, 3.8) is 0 Å². The Bertz CT molecular complexity index is 379. The number of ether oxygens (including phenoxy) is 1. The SMILES string of the molecule is CNC(=N)NC(=O)Cc1ccc(OC)cc1.Cl. The Kier molecular flexibility index (Phi) is 6.74. The van der Waals surface area contributed by atoms with Crippen molar-refractivity contribution in [2.24, 2.45) is 0 Å². The lowest BCUT2D eigenvalue weighted by Gasteiger charge is -2.06. The molecule has 0 fully saturated rings. The number of benzene rings is 1. The van der Waals surface area contributed by atoms with Crippen molar-refractivity contribution in [3.8, 4) is 5.75 Å². The molecule has 94 valence electrons. The Balaban J connectivity index is 0.00000256. The van der Waals surface area contributed by atoms with Crippen molar-refractivity contribution < 1.29 is 9.53 Å². The van der Waals surface area contributed by atoms with Crippen molar-refractivity contribution in [3.05, 3.63) is 29.8 Å². The van der Waals surface area contributed by atoms with Crippen LogP contribution in [0.25, 0.3) is 0 Å². The molecule has 1 amide bonds. The molecule has 6 heteroatoms. The molecule has 0 atom stereocenters. The number of rotatable bonds is 3. The van der Waals surface area contributed by atoms with Gasteiger partial charge in [0.2, 0.25) is 5.91 Å². The van der Waals surface area contributed by atoms with Crippen LogP contribution in [0.5, 0.6) is 5.75 Å². The minimum atomic E-state index is -0.218. The zero-order valence-electron chi connectivity index (χ0n) is 9.74. The summed E-state index contributed by atoms with van der Waals surface area (Å²) in [4.78, 5) is 11.4. The molecular weight excluding hydrogens is 242 g/mol. The number of methoxy groups -OCH3 is 1. The van der Waals surface area contributed by atoms with Crippen LogP contribution >= 0.6 is 12.4 Å². The molecule has 0 saturated carbocycles. The third-order valence-electron chi connectivity index (χ3n) is 2.04. The third-order valence-corrected chi connectivity index (χ3v) is 2.04. The van der Waals surface area contributed by atoms with E-state index >= 15 is 0 Å². The third kappa shape index (κ3) is 5.21. The van der Waals surface area contributed by atoms with Crippen molar-refractivity contribution >= 4 is 24.3 Å². The lowest BCUT2D eigenvalue weighted by Crippen LogP contribution is -2.38. The van der Waals surface area contributed by atoms with Crippen LogP contribution in [0.2, 0.25) is 0 Å². The molecule has 1 aromatic carbocycles. The maximum Gasteiger partial charge on any atom is 0.231 e. The van der Waals surface area contributed by atoms with Crippen LogP contribution in [0.1, 0.15) is 5.56 Å². The van der Waals surface area contributed by atoms with Gasteiger partial charge in [-0.1, -0.05) is 12.1 Å². The Hall–Kier alpha value is -1.75. The summed E-state index contributed by atoms with van der Waals surface area (Å²) in [6.45, 7) is 0. The van der Waals surface area contributed by atoms with Crippen LogP contribution in [0.4, 0.5) is 0 Å². The molecule has 0 aliphatic heterocycles. The summed E-state index contributed by atoms with van der Waals surface area (Å²) < 4.78 is 5.01. The number of hydrogen-bond donors (Lipinski definition) is 3. The normalized spacial score (nSPS) is 8.82. The lowest BCUT2D eigenvalue weighted by atomic mass is 10.1. The highest BCUT2D eigenvalue weighted by atomic mass is 35.5. The monoisotopic (exact) mass is 257 g/mol. The van der Waals surface area contributed by atoms with Crippen molar-refractivity contribution in [1.82, 2.24) is 10.6 Å². The minimum absolute atomic E-state index is 0. The van der Waals surface area contributed by atoms with Crippen LogP contribution in [-0.2, 0) is 11.2 Å². The highest BCUT2D eigenvalue weighted by molar-refractivity contribution is 5.96. The van der Waals surface area contributed by atoms with Gasteiger partial charge in [0.25, 0.3) is 0 Å². The molecule has 0 aliphatic carbocycles. The van der Waals surface area contributed by atoms with Gasteiger partial charge in [-0.3, -0.25) is 15.5 Å². The van der Waals surface area contributed by atoms with E-state index in [4.69, 9.17) is 10.1 Å². The van der Waals surface area contributed by atoms with Crippen molar-refractivity contribution in [1.29, 1.82) is 5.41 Å². The van der Waals surface area contributed by atoms with Gasteiger partial charge in [0.05, 0.1) is 13.5 Å². The molecule has 0 unspecified atom stereocenters. The van der Waals surface area contributed by atoms with Crippen LogP contribution in [-0.4, -0.2) is 26.0 Å². The summed E-state index contributed by atoms with van der Waals surface area (Å²) in [6, 6.07) is 7.24. The van der Waals surface area contributed by atoms with E-state index in [1.807, 2.05) is 12.1 Å². The van der Waals surface area contributed by atoms with Gasteiger partial charge in [-0.05, 0) is 17.7 Å². The molecule has 0 saturated heterocycles. The molecule has 0 heterocycles. The molecule has 5 nitrogen and oxygen atoms in total. The van der Waals surface area contributed by atoms with E-state index in [2.05, 4.69) is 10.6 Å². The van der Waals surface area contributed by atoms with Crippen LogP contribution < -0.4 is 15.4 Å².